The van der Waals surface area contributed by atoms with Crippen LogP contribution in [0.3, 0.4) is 0 Å². The van der Waals surface area contributed by atoms with E-state index >= 15 is 0 Å². The molecule has 6 heteroatoms. The van der Waals surface area contributed by atoms with Crippen molar-refractivity contribution in [1.29, 1.82) is 0 Å². The van der Waals surface area contributed by atoms with Gasteiger partial charge in [0.15, 0.2) is 0 Å². The normalized spacial score (nSPS) is 22.5. The van der Waals surface area contributed by atoms with Crippen molar-refractivity contribution >= 4 is 6.03 Å². The van der Waals surface area contributed by atoms with Crippen LogP contribution in [0.5, 0.6) is 0 Å². The fourth-order valence-corrected chi connectivity index (χ4v) is 2.13. The van der Waals surface area contributed by atoms with E-state index in [2.05, 4.69) is 15.5 Å². The molecule has 6 nitrogen and oxygen atoms in total. The van der Waals surface area contributed by atoms with Gasteiger partial charge in [-0.2, -0.15) is 0 Å². The number of nitrogens with zero attached hydrogens (tertiary/aromatic N) is 2. The lowest BCUT2D eigenvalue weighted by Crippen LogP contribution is -2.51. The average molecular weight is 242 g/mol. The number of morpholine rings is 1. The lowest BCUT2D eigenvalue weighted by molar-refractivity contribution is 0.0385. The smallest absolute Gasteiger partial charge is 0.317 e. The van der Waals surface area contributed by atoms with Crippen molar-refractivity contribution in [3.05, 3.63) is 0 Å². The third kappa shape index (κ3) is 4.14. The predicted octanol–water partition coefficient (Wildman–Crippen LogP) is -1.07. The summed E-state index contributed by atoms with van der Waals surface area (Å²) in [5.74, 6) is 0. The van der Waals surface area contributed by atoms with Gasteiger partial charge in [0, 0.05) is 52.4 Å². The van der Waals surface area contributed by atoms with E-state index in [1.165, 1.54) is 0 Å². The van der Waals surface area contributed by atoms with Crippen molar-refractivity contribution in [3.63, 3.8) is 0 Å². The maximum Gasteiger partial charge on any atom is 0.317 e. The molecule has 2 N–H and O–H groups in total. The topological polar surface area (TPSA) is 56.8 Å². The van der Waals surface area contributed by atoms with Crippen LogP contribution in [0.4, 0.5) is 4.79 Å². The van der Waals surface area contributed by atoms with Crippen LogP contribution in [0.25, 0.3) is 0 Å². The first kappa shape index (κ1) is 12.6. The number of urea groups is 1. The van der Waals surface area contributed by atoms with Crippen LogP contribution < -0.4 is 10.6 Å². The molecule has 2 saturated heterocycles. The van der Waals surface area contributed by atoms with E-state index in [-0.39, 0.29) is 6.03 Å². The van der Waals surface area contributed by atoms with Gasteiger partial charge in [-0.25, -0.2) is 4.79 Å². The van der Waals surface area contributed by atoms with Gasteiger partial charge in [-0.3, -0.25) is 4.90 Å². The van der Waals surface area contributed by atoms with Crippen LogP contribution in [0.2, 0.25) is 0 Å². The molecular weight excluding hydrogens is 220 g/mol. The molecule has 0 radical (unpaired) electrons. The highest BCUT2D eigenvalue weighted by Gasteiger charge is 2.16. The molecule has 98 valence electrons. The summed E-state index contributed by atoms with van der Waals surface area (Å²) < 4.78 is 5.28. The minimum atomic E-state index is 0.0692. The summed E-state index contributed by atoms with van der Waals surface area (Å²) in [7, 11) is 0. The van der Waals surface area contributed by atoms with E-state index in [0.717, 1.165) is 65.6 Å². The third-order valence-electron chi connectivity index (χ3n) is 3.21. The second-order valence-corrected chi connectivity index (χ2v) is 4.42. The molecule has 2 aliphatic rings. The highest BCUT2D eigenvalue weighted by Crippen LogP contribution is 1.96. The minimum absolute atomic E-state index is 0.0692. The number of rotatable bonds is 3. The lowest BCUT2D eigenvalue weighted by Gasteiger charge is -2.29. The summed E-state index contributed by atoms with van der Waals surface area (Å²) in [6, 6.07) is 0.0692. The largest absolute Gasteiger partial charge is 0.379 e. The number of hydrogen-bond acceptors (Lipinski definition) is 4. The zero-order chi connectivity index (χ0) is 11.9. The van der Waals surface area contributed by atoms with Gasteiger partial charge in [-0.1, -0.05) is 0 Å². The van der Waals surface area contributed by atoms with Crippen molar-refractivity contribution in [3.8, 4) is 0 Å². The van der Waals surface area contributed by atoms with E-state index in [9.17, 15) is 4.79 Å². The molecule has 2 heterocycles. The summed E-state index contributed by atoms with van der Waals surface area (Å²) in [4.78, 5) is 16.0. The Kier molecular flexibility index (Phi) is 5.03. The summed E-state index contributed by atoms with van der Waals surface area (Å²) in [5.41, 5.74) is 0. The maximum absolute atomic E-state index is 11.8. The third-order valence-corrected chi connectivity index (χ3v) is 3.21. The molecule has 0 saturated carbocycles. The quantitative estimate of drug-likeness (QED) is 0.662. The molecule has 0 bridgehead atoms. The molecule has 2 amide bonds. The van der Waals surface area contributed by atoms with Crippen LogP contribution in [0, 0.1) is 0 Å². The second kappa shape index (κ2) is 6.78. The van der Waals surface area contributed by atoms with Crippen molar-refractivity contribution in [2.75, 3.05) is 65.6 Å². The Bertz CT molecular complexity index is 238. The van der Waals surface area contributed by atoms with Gasteiger partial charge >= 0.3 is 6.03 Å². The second-order valence-electron chi connectivity index (χ2n) is 4.42. The number of amides is 2. The first-order chi connectivity index (χ1) is 8.36. The standard InChI is InChI=1S/C11H22N4O2/c16-11(15-5-1-12-2-6-15)13-3-4-14-7-9-17-10-8-14/h12H,1-10H2,(H,13,16). The van der Waals surface area contributed by atoms with Crippen molar-refractivity contribution in [1.82, 2.24) is 20.4 Å². The van der Waals surface area contributed by atoms with E-state index in [4.69, 9.17) is 4.74 Å². The molecule has 0 aromatic rings. The zero-order valence-corrected chi connectivity index (χ0v) is 10.3. The summed E-state index contributed by atoms with van der Waals surface area (Å²) in [6.45, 7) is 8.63. The van der Waals surface area contributed by atoms with Gasteiger partial charge in [0.25, 0.3) is 0 Å². The number of piperazine rings is 1. The Hall–Kier alpha value is -0.850. The Labute approximate surface area is 102 Å². The first-order valence-corrected chi connectivity index (χ1v) is 6.40. The molecule has 0 aromatic carbocycles. The van der Waals surface area contributed by atoms with Crippen LogP contribution >= 0.6 is 0 Å². The number of carbonyl (C=O) groups excluding carboxylic acids is 1. The van der Waals surface area contributed by atoms with Gasteiger partial charge < -0.3 is 20.3 Å². The fourth-order valence-electron chi connectivity index (χ4n) is 2.13. The van der Waals surface area contributed by atoms with Crippen molar-refractivity contribution < 1.29 is 9.53 Å². The molecule has 0 spiro atoms. The highest BCUT2D eigenvalue weighted by atomic mass is 16.5. The number of ether oxygens (including phenoxy) is 1. The molecule has 2 rings (SSSR count). The number of nitrogens with one attached hydrogen (secondary N) is 2. The average Bonchev–Trinajstić information content (AvgIpc) is 2.41. The molecule has 17 heavy (non-hydrogen) atoms. The first-order valence-electron chi connectivity index (χ1n) is 6.40. The summed E-state index contributed by atoms with van der Waals surface area (Å²) in [5, 5.41) is 6.21. The molecule has 0 aliphatic carbocycles. The van der Waals surface area contributed by atoms with E-state index < -0.39 is 0 Å². The zero-order valence-electron chi connectivity index (χ0n) is 10.3. The Morgan fingerprint density at radius 1 is 1.18 bits per heavy atom. The van der Waals surface area contributed by atoms with Gasteiger partial charge in [0.2, 0.25) is 0 Å². The lowest BCUT2D eigenvalue weighted by atomic mass is 10.4. The van der Waals surface area contributed by atoms with Gasteiger partial charge in [-0.05, 0) is 0 Å². The highest BCUT2D eigenvalue weighted by molar-refractivity contribution is 5.74. The van der Waals surface area contributed by atoms with Crippen LogP contribution in [-0.2, 0) is 4.74 Å². The monoisotopic (exact) mass is 242 g/mol. The van der Waals surface area contributed by atoms with E-state index in [0.29, 0.717) is 0 Å². The van der Waals surface area contributed by atoms with Crippen molar-refractivity contribution in [2.45, 2.75) is 0 Å². The molecule has 0 unspecified atom stereocenters. The molecule has 2 fully saturated rings. The van der Waals surface area contributed by atoms with Crippen LogP contribution in [-0.4, -0.2) is 81.4 Å². The Balaban J connectivity index is 1.58. The maximum atomic E-state index is 11.8. The summed E-state index contributed by atoms with van der Waals surface area (Å²) >= 11 is 0. The molecule has 0 atom stereocenters. The molecular formula is C11H22N4O2. The van der Waals surface area contributed by atoms with Crippen molar-refractivity contribution in [2.24, 2.45) is 0 Å². The fraction of sp³-hybridized carbons (Fsp3) is 0.909. The summed E-state index contributed by atoms with van der Waals surface area (Å²) in [6.07, 6.45) is 0. The number of carbonyl (C=O) groups is 1. The molecule has 2 aliphatic heterocycles. The minimum Gasteiger partial charge on any atom is -0.379 e. The van der Waals surface area contributed by atoms with Gasteiger partial charge in [0.05, 0.1) is 13.2 Å². The SMILES string of the molecule is O=C(NCCN1CCOCC1)N1CCNCC1. The number of hydrogen-bond donors (Lipinski definition) is 2. The van der Waals surface area contributed by atoms with Crippen LogP contribution in [0.1, 0.15) is 0 Å². The van der Waals surface area contributed by atoms with E-state index in [1.807, 2.05) is 4.90 Å². The Morgan fingerprint density at radius 3 is 2.59 bits per heavy atom. The van der Waals surface area contributed by atoms with Gasteiger partial charge in [-0.15, -0.1) is 0 Å². The van der Waals surface area contributed by atoms with Crippen LogP contribution in [0.15, 0.2) is 0 Å². The molecule has 0 aromatic heterocycles. The Morgan fingerprint density at radius 2 is 1.88 bits per heavy atom. The van der Waals surface area contributed by atoms with Gasteiger partial charge in [0.1, 0.15) is 0 Å². The van der Waals surface area contributed by atoms with E-state index in [1.54, 1.807) is 0 Å². The predicted molar refractivity (Wildman–Crippen MR) is 65.1 cm³/mol.